The van der Waals surface area contributed by atoms with Crippen molar-refractivity contribution in [2.75, 3.05) is 17.2 Å². The molecule has 20 heavy (non-hydrogen) atoms. The number of nitrogens with one attached hydrogen (secondary N) is 2. The molecule has 0 aliphatic heterocycles. The molecule has 3 nitrogen and oxygen atoms in total. The normalized spacial score (nSPS) is 10.2. The Morgan fingerprint density at radius 1 is 1.20 bits per heavy atom. The second-order valence-electron chi connectivity index (χ2n) is 4.37. The first kappa shape index (κ1) is 14.5. The van der Waals surface area contributed by atoms with Crippen molar-refractivity contribution >= 4 is 33.2 Å². The van der Waals surface area contributed by atoms with Gasteiger partial charge in [0.2, 0.25) is 5.91 Å². The molecule has 0 unspecified atom stereocenters. The number of hydrogen-bond donors (Lipinski definition) is 2. The van der Waals surface area contributed by atoms with Crippen molar-refractivity contribution in [3.63, 3.8) is 0 Å². The summed E-state index contributed by atoms with van der Waals surface area (Å²) in [7, 11) is 0. The van der Waals surface area contributed by atoms with Gasteiger partial charge in [-0.05, 0) is 55.0 Å². The van der Waals surface area contributed by atoms with Crippen LogP contribution in [0.3, 0.4) is 0 Å². The van der Waals surface area contributed by atoms with Crippen molar-refractivity contribution in [3.8, 4) is 0 Å². The summed E-state index contributed by atoms with van der Waals surface area (Å²) in [6.45, 7) is 1.92. The van der Waals surface area contributed by atoms with E-state index in [1.807, 2.05) is 24.3 Å². The van der Waals surface area contributed by atoms with Crippen LogP contribution in [0.5, 0.6) is 0 Å². The van der Waals surface area contributed by atoms with Gasteiger partial charge in [-0.15, -0.1) is 0 Å². The maximum absolute atomic E-state index is 13.0. The van der Waals surface area contributed by atoms with Crippen molar-refractivity contribution < 1.29 is 9.18 Å². The molecule has 0 bridgehead atoms. The SMILES string of the molecule is Cc1cc(F)ccc1NCC(=O)Nc1ccc(Br)cc1. The van der Waals surface area contributed by atoms with Crippen LogP contribution < -0.4 is 10.6 Å². The van der Waals surface area contributed by atoms with E-state index in [2.05, 4.69) is 26.6 Å². The molecule has 0 aliphatic rings. The van der Waals surface area contributed by atoms with Gasteiger partial charge in [0.1, 0.15) is 5.82 Å². The Morgan fingerprint density at radius 3 is 2.55 bits per heavy atom. The molecule has 0 fully saturated rings. The molecule has 2 aromatic rings. The quantitative estimate of drug-likeness (QED) is 0.887. The predicted octanol–water partition coefficient (Wildman–Crippen LogP) is 3.95. The molecule has 5 heteroatoms. The van der Waals surface area contributed by atoms with Crippen LogP contribution in [-0.2, 0) is 4.79 Å². The minimum absolute atomic E-state index is 0.128. The van der Waals surface area contributed by atoms with Crippen molar-refractivity contribution in [1.29, 1.82) is 0 Å². The summed E-state index contributed by atoms with van der Waals surface area (Å²) in [5, 5.41) is 5.76. The third kappa shape index (κ3) is 4.06. The van der Waals surface area contributed by atoms with Crippen LogP contribution in [0.15, 0.2) is 46.9 Å². The number of carbonyl (C=O) groups is 1. The summed E-state index contributed by atoms with van der Waals surface area (Å²) in [5.41, 5.74) is 2.25. The molecule has 2 N–H and O–H groups in total. The zero-order valence-electron chi connectivity index (χ0n) is 10.9. The number of amides is 1. The number of halogens is 2. The first-order chi connectivity index (χ1) is 9.54. The molecular formula is C15H14BrFN2O. The fourth-order valence-electron chi connectivity index (χ4n) is 1.74. The predicted molar refractivity (Wildman–Crippen MR) is 82.4 cm³/mol. The number of carbonyl (C=O) groups excluding carboxylic acids is 1. The highest BCUT2D eigenvalue weighted by Gasteiger charge is 2.04. The lowest BCUT2D eigenvalue weighted by Crippen LogP contribution is -2.22. The van der Waals surface area contributed by atoms with Crippen molar-refractivity contribution in [3.05, 3.63) is 58.3 Å². The van der Waals surface area contributed by atoms with Crippen LogP contribution in [0.2, 0.25) is 0 Å². The lowest BCUT2D eigenvalue weighted by Gasteiger charge is -2.10. The monoisotopic (exact) mass is 336 g/mol. The fourth-order valence-corrected chi connectivity index (χ4v) is 2.00. The lowest BCUT2D eigenvalue weighted by atomic mass is 10.2. The van der Waals surface area contributed by atoms with Crippen LogP contribution in [0.1, 0.15) is 5.56 Å². The Balaban J connectivity index is 1.90. The van der Waals surface area contributed by atoms with E-state index in [9.17, 15) is 9.18 Å². The van der Waals surface area contributed by atoms with E-state index < -0.39 is 0 Å². The van der Waals surface area contributed by atoms with Gasteiger partial charge >= 0.3 is 0 Å². The number of benzene rings is 2. The second-order valence-corrected chi connectivity index (χ2v) is 5.28. The van der Waals surface area contributed by atoms with E-state index in [-0.39, 0.29) is 18.3 Å². The average Bonchev–Trinajstić information content (AvgIpc) is 2.40. The van der Waals surface area contributed by atoms with Crippen molar-refractivity contribution in [2.24, 2.45) is 0 Å². The molecule has 0 atom stereocenters. The van der Waals surface area contributed by atoms with Crippen LogP contribution in [0.25, 0.3) is 0 Å². The zero-order valence-corrected chi connectivity index (χ0v) is 12.5. The van der Waals surface area contributed by atoms with Crippen molar-refractivity contribution in [1.82, 2.24) is 0 Å². The summed E-state index contributed by atoms with van der Waals surface area (Å²) >= 11 is 3.33. The van der Waals surface area contributed by atoms with E-state index in [4.69, 9.17) is 0 Å². The number of hydrogen-bond acceptors (Lipinski definition) is 2. The second kappa shape index (κ2) is 6.52. The standard InChI is InChI=1S/C15H14BrFN2O/c1-10-8-12(17)4-7-14(10)18-9-15(20)19-13-5-2-11(16)3-6-13/h2-8,18H,9H2,1H3,(H,19,20). The highest BCUT2D eigenvalue weighted by Crippen LogP contribution is 2.16. The summed E-state index contributed by atoms with van der Waals surface area (Å²) in [6.07, 6.45) is 0. The first-order valence-corrected chi connectivity index (χ1v) is 6.89. The largest absolute Gasteiger partial charge is 0.376 e. The highest BCUT2D eigenvalue weighted by molar-refractivity contribution is 9.10. The third-order valence-corrected chi connectivity index (χ3v) is 3.28. The van der Waals surface area contributed by atoms with Crippen molar-refractivity contribution in [2.45, 2.75) is 6.92 Å². The Labute approximate surface area is 125 Å². The van der Waals surface area contributed by atoms with Gasteiger partial charge in [-0.2, -0.15) is 0 Å². The topological polar surface area (TPSA) is 41.1 Å². The summed E-state index contributed by atoms with van der Waals surface area (Å²) in [5.74, 6) is -0.441. The summed E-state index contributed by atoms with van der Waals surface area (Å²) in [4.78, 5) is 11.8. The molecule has 2 rings (SSSR count). The Hall–Kier alpha value is -1.88. The molecule has 104 valence electrons. The molecule has 0 saturated carbocycles. The first-order valence-electron chi connectivity index (χ1n) is 6.10. The zero-order chi connectivity index (χ0) is 14.5. The maximum atomic E-state index is 13.0. The van der Waals surface area contributed by atoms with Gasteiger partial charge in [-0.25, -0.2) is 4.39 Å². The van der Waals surface area contributed by atoms with Crippen LogP contribution >= 0.6 is 15.9 Å². The molecule has 2 aromatic carbocycles. The molecule has 1 amide bonds. The minimum Gasteiger partial charge on any atom is -0.376 e. The molecule has 0 spiro atoms. The van der Waals surface area contributed by atoms with Gasteiger partial charge in [-0.1, -0.05) is 15.9 Å². The highest BCUT2D eigenvalue weighted by atomic mass is 79.9. The Kier molecular flexibility index (Phi) is 4.74. The molecule has 0 radical (unpaired) electrons. The average molecular weight is 337 g/mol. The van der Waals surface area contributed by atoms with E-state index in [1.54, 1.807) is 13.0 Å². The molecule has 0 heterocycles. The summed E-state index contributed by atoms with van der Waals surface area (Å²) < 4.78 is 13.9. The minimum atomic E-state index is -0.285. The lowest BCUT2D eigenvalue weighted by molar-refractivity contribution is -0.114. The van der Waals surface area contributed by atoms with Gasteiger partial charge in [-0.3, -0.25) is 4.79 Å². The molecular weight excluding hydrogens is 323 g/mol. The number of anilines is 2. The van der Waals surface area contributed by atoms with Gasteiger partial charge in [0.15, 0.2) is 0 Å². The van der Waals surface area contributed by atoms with Crippen LogP contribution in [0.4, 0.5) is 15.8 Å². The van der Waals surface area contributed by atoms with E-state index in [1.165, 1.54) is 12.1 Å². The third-order valence-electron chi connectivity index (χ3n) is 2.76. The smallest absolute Gasteiger partial charge is 0.243 e. The van der Waals surface area contributed by atoms with Gasteiger partial charge in [0.05, 0.1) is 6.54 Å². The van der Waals surface area contributed by atoms with Crippen LogP contribution in [0, 0.1) is 12.7 Å². The number of rotatable bonds is 4. The summed E-state index contributed by atoms with van der Waals surface area (Å²) in [6, 6.07) is 11.7. The molecule has 0 aliphatic carbocycles. The number of aryl methyl sites for hydroxylation is 1. The molecule has 0 aromatic heterocycles. The van der Waals surface area contributed by atoms with E-state index >= 15 is 0 Å². The van der Waals surface area contributed by atoms with Gasteiger partial charge in [0.25, 0.3) is 0 Å². The fraction of sp³-hybridized carbons (Fsp3) is 0.133. The van der Waals surface area contributed by atoms with E-state index in [0.29, 0.717) is 0 Å². The molecule has 0 saturated heterocycles. The van der Waals surface area contributed by atoms with Gasteiger partial charge in [0, 0.05) is 15.8 Å². The Morgan fingerprint density at radius 2 is 1.90 bits per heavy atom. The maximum Gasteiger partial charge on any atom is 0.243 e. The van der Waals surface area contributed by atoms with E-state index in [0.717, 1.165) is 21.4 Å². The Bertz CT molecular complexity index is 614. The van der Waals surface area contributed by atoms with Crippen LogP contribution in [-0.4, -0.2) is 12.5 Å². The van der Waals surface area contributed by atoms with Gasteiger partial charge < -0.3 is 10.6 Å².